The Balaban J connectivity index is 2.04. The number of rotatable bonds is 6. The maximum Gasteiger partial charge on any atom is 0.416 e. The number of hydrogen-bond acceptors (Lipinski definition) is 3. The second-order valence-corrected chi connectivity index (χ2v) is 6.76. The average molecular weight is 444 g/mol. The lowest BCUT2D eigenvalue weighted by Crippen LogP contribution is -2.43. The molecule has 1 amide bonds. The van der Waals surface area contributed by atoms with Crippen molar-refractivity contribution < 1.29 is 27.5 Å². The molecular formula is C19H17BrF3NO3. The molecule has 144 valence electrons. The third-order valence-corrected chi connectivity index (χ3v) is 4.29. The third kappa shape index (κ3) is 6.39. The van der Waals surface area contributed by atoms with Crippen molar-refractivity contribution in [2.75, 3.05) is 7.11 Å². The maximum atomic E-state index is 12.6. The summed E-state index contributed by atoms with van der Waals surface area (Å²) in [5.41, 5.74) is 0.440. The van der Waals surface area contributed by atoms with Gasteiger partial charge in [-0.1, -0.05) is 40.2 Å². The minimum atomic E-state index is -4.43. The van der Waals surface area contributed by atoms with Crippen molar-refractivity contribution in [2.24, 2.45) is 0 Å². The smallest absolute Gasteiger partial charge is 0.416 e. The maximum absolute atomic E-state index is 12.6. The zero-order chi connectivity index (χ0) is 20.0. The number of amides is 1. The summed E-state index contributed by atoms with van der Waals surface area (Å²) >= 11 is 3.34. The molecule has 2 rings (SSSR count). The van der Waals surface area contributed by atoms with E-state index < -0.39 is 29.7 Å². The number of ether oxygens (including phenoxy) is 1. The number of methoxy groups -OCH3 is 1. The number of benzene rings is 2. The highest BCUT2D eigenvalue weighted by Gasteiger charge is 2.30. The molecule has 2 aromatic carbocycles. The Morgan fingerprint density at radius 2 is 1.78 bits per heavy atom. The molecule has 0 saturated carbocycles. The fourth-order valence-electron chi connectivity index (χ4n) is 2.48. The molecule has 0 aliphatic heterocycles. The van der Waals surface area contributed by atoms with Crippen LogP contribution in [0.4, 0.5) is 13.2 Å². The van der Waals surface area contributed by atoms with Crippen molar-refractivity contribution in [3.8, 4) is 0 Å². The van der Waals surface area contributed by atoms with Crippen molar-refractivity contribution in [3.63, 3.8) is 0 Å². The van der Waals surface area contributed by atoms with E-state index in [2.05, 4.69) is 21.2 Å². The van der Waals surface area contributed by atoms with Gasteiger partial charge in [0, 0.05) is 10.9 Å². The van der Waals surface area contributed by atoms with Gasteiger partial charge in [-0.05, 0) is 35.4 Å². The van der Waals surface area contributed by atoms with Gasteiger partial charge in [0.05, 0.1) is 19.1 Å². The van der Waals surface area contributed by atoms with E-state index in [1.807, 2.05) is 18.2 Å². The molecule has 0 saturated heterocycles. The normalized spacial score (nSPS) is 12.3. The quantitative estimate of drug-likeness (QED) is 0.688. The summed E-state index contributed by atoms with van der Waals surface area (Å²) in [5.74, 6) is -1.09. The molecule has 0 unspecified atom stereocenters. The number of carbonyl (C=O) groups excluding carboxylic acids is 2. The molecule has 8 heteroatoms. The standard InChI is InChI=1S/C19H17BrF3NO3/c1-27-18(26)16(10-13-3-2-4-15(20)9-13)24-17(25)11-12-5-7-14(8-6-12)19(21,22)23/h2-9,16H,10-11H2,1H3,(H,24,25)/t16-/m0/s1. The highest BCUT2D eigenvalue weighted by molar-refractivity contribution is 9.10. The lowest BCUT2D eigenvalue weighted by Gasteiger charge is -2.17. The van der Waals surface area contributed by atoms with Crippen LogP contribution in [0.3, 0.4) is 0 Å². The van der Waals surface area contributed by atoms with E-state index in [0.29, 0.717) is 5.56 Å². The predicted octanol–water partition coefficient (Wildman–Crippen LogP) is 3.91. The van der Waals surface area contributed by atoms with Crippen LogP contribution >= 0.6 is 15.9 Å². The van der Waals surface area contributed by atoms with Crippen LogP contribution in [0.25, 0.3) is 0 Å². The zero-order valence-electron chi connectivity index (χ0n) is 14.3. The Morgan fingerprint density at radius 3 is 2.33 bits per heavy atom. The fourth-order valence-corrected chi connectivity index (χ4v) is 2.92. The van der Waals surface area contributed by atoms with Crippen LogP contribution in [0.1, 0.15) is 16.7 Å². The summed E-state index contributed by atoms with van der Waals surface area (Å²) in [7, 11) is 1.22. The molecule has 0 fully saturated rings. The first kappa shape index (κ1) is 21.0. The Bertz CT molecular complexity index is 807. The van der Waals surface area contributed by atoms with Crippen molar-refractivity contribution in [2.45, 2.75) is 25.1 Å². The number of nitrogens with one attached hydrogen (secondary N) is 1. The molecule has 0 bridgehead atoms. The van der Waals surface area contributed by atoms with E-state index in [1.54, 1.807) is 6.07 Å². The number of carbonyl (C=O) groups is 2. The molecule has 0 spiro atoms. The monoisotopic (exact) mass is 443 g/mol. The summed E-state index contributed by atoms with van der Waals surface area (Å²) in [5, 5.41) is 2.58. The molecular weight excluding hydrogens is 427 g/mol. The van der Waals surface area contributed by atoms with Gasteiger partial charge in [-0.3, -0.25) is 4.79 Å². The predicted molar refractivity (Wildman–Crippen MR) is 96.9 cm³/mol. The number of halogens is 4. The second-order valence-electron chi connectivity index (χ2n) is 5.85. The largest absolute Gasteiger partial charge is 0.467 e. The Kier molecular flexibility index (Phi) is 7.01. The van der Waals surface area contributed by atoms with Crippen LogP contribution in [0.15, 0.2) is 53.0 Å². The third-order valence-electron chi connectivity index (χ3n) is 3.80. The molecule has 0 heterocycles. The van der Waals surface area contributed by atoms with E-state index >= 15 is 0 Å². The van der Waals surface area contributed by atoms with E-state index in [-0.39, 0.29) is 12.8 Å². The molecule has 2 aromatic rings. The SMILES string of the molecule is COC(=O)[C@H](Cc1cccc(Br)c1)NC(=O)Cc1ccc(C(F)(F)F)cc1. The van der Waals surface area contributed by atoms with Gasteiger partial charge in [-0.2, -0.15) is 13.2 Å². The summed E-state index contributed by atoms with van der Waals surface area (Å²) in [6.45, 7) is 0. The minimum absolute atomic E-state index is 0.149. The summed E-state index contributed by atoms with van der Waals surface area (Å²) in [4.78, 5) is 24.2. The van der Waals surface area contributed by atoms with Crippen LogP contribution in [-0.4, -0.2) is 25.0 Å². The summed E-state index contributed by atoms with van der Waals surface area (Å²) < 4.78 is 43.3. The highest BCUT2D eigenvalue weighted by atomic mass is 79.9. The van der Waals surface area contributed by atoms with Gasteiger partial charge in [-0.15, -0.1) is 0 Å². The molecule has 0 aliphatic carbocycles. The van der Waals surface area contributed by atoms with Crippen LogP contribution in [0, 0.1) is 0 Å². The van der Waals surface area contributed by atoms with Gasteiger partial charge >= 0.3 is 12.1 Å². The van der Waals surface area contributed by atoms with E-state index in [9.17, 15) is 22.8 Å². The van der Waals surface area contributed by atoms with Crippen LogP contribution in [-0.2, 0) is 33.3 Å². The minimum Gasteiger partial charge on any atom is -0.467 e. The van der Waals surface area contributed by atoms with Gasteiger partial charge in [0.15, 0.2) is 0 Å². The first-order chi connectivity index (χ1) is 12.7. The van der Waals surface area contributed by atoms with E-state index in [0.717, 1.165) is 22.2 Å². The molecule has 0 radical (unpaired) electrons. The average Bonchev–Trinajstić information content (AvgIpc) is 2.60. The molecule has 1 N–H and O–H groups in total. The zero-order valence-corrected chi connectivity index (χ0v) is 15.9. The Hall–Kier alpha value is -2.35. The highest BCUT2D eigenvalue weighted by Crippen LogP contribution is 2.29. The fraction of sp³-hybridized carbons (Fsp3) is 0.263. The first-order valence-electron chi connectivity index (χ1n) is 7.97. The van der Waals surface area contributed by atoms with Crippen LogP contribution in [0.5, 0.6) is 0 Å². The lowest BCUT2D eigenvalue weighted by molar-refractivity contribution is -0.145. The first-order valence-corrected chi connectivity index (χ1v) is 8.76. The van der Waals surface area contributed by atoms with E-state index in [1.165, 1.54) is 19.2 Å². The molecule has 4 nitrogen and oxygen atoms in total. The molecule has 1 atom stereocenters. The molecule has 0 aromatic heterocycles. The Labute approximate surface area is 162 Å². The Morgan fingerprint density at radius 1 is 1.11 bits per heavy atom. The number of hydrogen-bond donors (Lipinski definition) is 1. The van der Waals surface area contributed by atoms with Gasteiger partial charge in [0.2, 0.25) is 5.91 Å². The van der Waals surface area contributed by atoms with Gasteiger partial charge in [-0.25, -0.2) is 4.79 Å². The van der Waals surface area contributed by atoms with Crippen molar-refractivity contribution in [3.05, 3.63) is 69.7 Å². The van der Waals surface area contributed by atoms with Crippen molar-refractivity contribution in [1.29, 1.82) is 0 Å². The van der Waals surface area contributed by atoms with Gasteiger partial charge < -0.3 is 10.1 Å². The number of esters is 1. The van der Waals surface area contributed by atoms with Gasteiger partial charge in [0.25, 0.3) is 0 Å². The molecule has 0 aliphatic rings. The van der Waals surface area contributed by atoms with Crippen molar-refractivity contribution >= 4 is 27.8 Å². The van der Waals surface area contributed by atoms with Gasteiger partial charge in [0.1, 0.15) is 6.04 Å². The second kappa shape index (κ2) is 9.03. The number of alkyl halides is 3. The van der Waals surface area contributed by atoms with Crippen LogP contribution < -0.4 is 5.32 Å². The molecule has 27 heavy (non-hydrogen) atoms. The topological polar surface area (TPSA) is 55.4 Å². The summed E-state index contributed by atoms with van der Waals surface area (Å²) in [6, 6.07) is 10.7. The van der Waals surface area contributed by atoms with E-state index in [4.69, 9.17) is 4.74 Å². The lowest BCUT2D eigenvalue weighted by atomic mass is 10.0. The van der Waals surface area contributed by atoms with Crippen LogP contribution in [0.2, 0.25) is 0 Å². The summed E-state index contributed by atoms with van der Waals surface area (Å²) in [6.07, 6.45) is -4.35. The van der Waals surface area contributed by atoms with Crippen molar-refractivity contribution in [1.82, 2.24) is 5.32 Å².